The van der Waals surface area contributed by atoms with E-state index in [0.717, 1.165) is 48.8 Å². The minimum atomic E-state index is -0.150. The molecule has 0 unspecified atom stereocenters. The second kappa shape index (κ2) is 9.31. The summed E-state index contributed by atoms with van der Waals surface area (Å²) in [7, 11) is 0. The third-order valence-corrected chi connectivity index (χ3v) is 6.41. The Hall–Kier alpha value is -2.53. The third kappa shape index (κ3) is 4.91. The maximum atomic E-state index is 12.5. The van der Waals surface area contributed by atoms with E-state index >= 15 is 0 Å². The van der Waals surface area contributed by atoms with Crippen molar-refractivity contribution in [3.05, 3.63) is 70.6 Å². The second-order valence-corrected chi connectivity index (χ2v) is 8.41. The van der Waals surface area contributed by atoms with Gasteiger partial charge < -0.3 is 9.64 Å². The predicted molar refractivity (Wildman–Crippen MR) is 120 cm³/mol. The highest BCUT2D eigenvalue weighted by Crippen LogP contribution is 2.34. The molecule has 0 bridgehead atoms. The van der Waals surface area contributed by atoms with Gasteiger partial charge in [0.25, 0.3) is 5.91 Å². The zero-order valence-corrected chi connectivity index (χ0v) is 17.5. The van der Waals surface area contributed by atoms with Crippen molar-refractivity contribution in [2.24, 2.45) is 10.9 Å². The van der Waals surface area contributed by atoms with Crippen LogP contribution in [0.2, 0.25) is 0 Å². The first-order chi connectivity index (χ1) is 14.2. The zero-order valence-electron chi connectivity index (χ0n) is 16.7. The minimum absolute atomic E-state index is 0.150. The Morgan fingerprint density at radius 2 is 1.83 bits per heavy atom. The number of hydrogen-bond donors (Lipinski definition) is 0. The van der Waals surface area contributed by atoms with Gasteiger partial charge in [-0.3, -0.25) is 4.79 Å². The number of para-hydroxylation sites is 1. The average molecular weight is 407 g/mol. The number of rotatable bonds is 5. The van der Waals surface area contributed by atoms with Gasteiger partial charge in [0.15, 0.2) is 5.17 Å². The van der Waals surface area contributed by atoms with E-state index in [9.17, 15) is 4.79 Å². The Kier molecular flexibility index (Phi) is 6.35. The number of ether oxygens (including phenoxy) is 1. The maximum Gasteiger partial charge on any atom is 0.286 e. The number of piperidine rings is 1. The van der Waals surface area contributed by atoms with Gasteiger partial charge in [-0.05, 0) is 61.6 Å². The molecule has 5 heteroatoms. The molecule has 4 nitrogen and oxygen atoms in total. The van der Waals surface area contributed by atoms with E-state index in [1.807, 2.05) is 37.3 Å². The zero-order chi connectivity index (χ0) is 20.1. The molecule has 2 aromatic rings. The first-order valence-corrected chi connectivity index (χ1v) is 11.1. The van der Waals surface area contributed by atoms with Crippen molar-refractivity contribution >= 4 is 28.9 Å². The summed E-state index contributed by atoms with van der Waals surface area (Å²) in [5.74, 6) is 1.35. The first-order valence-electron chi connectivity index (χ1n) is 10.3. The summed E-state index contributed by atoms with van der Waals surface area (Å²) in [6.45, 7) is 4.47. The van der Waals surface area contributed by atoms with Crippen LogP contribution in [0.15, 0.2) is 64.5 Å². The van der Waals surface area contributed by atoms with Gasteiger partial charge in [0, 0.05) is 18.7 Å². The molecular weight excluding hydrogens is 380 g/mol. The van der Waals surface area contributed by atoms with Gasteiger partial charge in [-0.15, -0.1) is 0 Å². The van der Waals surface area contributed by atoms with Gasteiger partial charge in [-0.25, -0.2) is 0 Å². The van der Waals surface area contributed by atoms with E-state index in [2.05, 4.69) is 40.2 Å². The number of amides is 1. The molecule has 0 aromatic heterocycles. The molecule has 2 heterocycles. The van der Waals surface area contributed by atoms with Gasteiger partial charge in [0.2, 0.25) is 0 Å². The predicted octanol–water partition coefficient (Wildman–Crippen LogP) is 5.01. The maximum absolute atomic E-state index is 12.5. The van der Waals surface area contributed by atoms with Crippen LogP contribution in [0.4, 0.5) is 0 Å². The van der Waals surface area contributed by atoms with Crippen LogP contribution >= 0.6 is 11.8 Å². The lowest BCUT2D eigenvalue weighted by molar-refractivity contribution is -0.113. The number of nitrogens with zero attached hydrogens (tertiary/aromatic N) is 2. The van der Waals surface area contributed by atoms with Crippen LogP contribution in [0.3, 0.4) is 0 Å². The van der Waals surface area contributed by atoms with Crippen LogP contribution in [0, 0.1) is 5.92 Å². The molecule has 0 radical (unpaired) electrons. The van der Waals surface area contributed by atoms with Crippen molar-refractivity contribution in [3.8, 4) is 5.75 Å². The molecule has 1 fully saturated rings. The van der Waals surface area contributed by atoms with Crippen molar-refractivity contribution in [1.29, 1.82) is 0 Å². The lowest BCUT2D eigenvalue weighted by atomic mass is 9.90. The van der Waals surface area contributed by atoms with Crippen molar-refractivity contribution in [1.82, 2.24) is 4.90 Å². The number of hydrogen-bond acceptors (Lipinski definition) is 4. The monoisotopic (exact) mass is 406 g/mol. The van der Waals surface area contributed by atoms with E-state index in [0.29, 0.717) is 17.4 Å². The molecule has 0 spiro atoms. The Balaban J connectivity index is 1.37. The number of likely N-dealkylation sites (tertiary alicyclic amines) is 1. The van der Waals surface area contributed by atoms with Crippen molar-refractivity contribution < 1.29 is 9.53 Å². The number of carbonyl (C=O) groups excluding carboxylic acids is 1. The number of amidine groups is 1. The Labute approximate surface area is 176 Å². The molecule has 0 N–H and O–H groups in total. The standard InChI is InChI=1S/C24H26N2O2S/c1-2-28-21-11-7-6-10-20(21)17-22-23(27)25-24(29-22)26-14-12-19(13-15-26)16-18-8-4-3-5-9-18/h3-11,17,19H,2,12-16H2,1H3/b22-17-. The van der Waals surface area contributed by atoms with Crippen LogP contribution in [-0.2, 0) is 11.2 Å². The molecule has 4 rings (SSSR count). The van der Waals surface area contributed by atoms with Crippen LogP contribution in [0.5, 0.6) is 5.75 Å². The van der Waals surface area contributed by atoms with Gasteiger partial charge in [0.05, 0.1) is 11.5 Å². The lowest BCUT2D eigenvalue weighted by Gasteiger charge is -2.32. The van der Waals surface area contributed by atoms with E-state index in [1.54, 1.807) is 0 Å². The fourth-order valence-electron chi connectivity index (χ4n) is 3.84. The highest BCUT2D eigenvalue weighted by molar-refractivity contribution is 8.18. The molecule has 2 aromatic carbocycles. The summed E-state index contributed by atoms with van der Waals surface area (Å²) in [6.07, 6.45) is 5.30. The number of benzene rings is 2. The Morgan fingerprint density at radius 3 is 2.59 bits per heavy atom. The molecule has 1 saturated heterocycles. The minimum Gasteiger partial charge on any atom is -0.493 e. The van der Waals surface area contributed by atoms with E-state index in [-0.39, 0.29) is 5.91 Å². The van der Waals surface area contributed by atoms with Crippen LogP contribution in [0.1, 0.15) is 30.9 Å². The van der Waals surface area contributed by atoms with Gasteiger partial charge in [0.1, 0.15) is 5.75 Å². The number of thioether (sulfide) groups is 1. The highest BCUT2D eigenvalue weighted by atomic mass is 32.2. The van der Waals surface area contributed by atoms with Crippen LogP contribution < -0.4 is 4.74 Å². The lowest BCUT2D eigenvalue weighted by Crippen LogP contribution is -2.37. The summed E-state index contributed by atoms with van der Waals surface area (Å²) in [4.78, 5) is 19.7. The first kappa shape index (κ1) is 19.8. The van der Waals surface area contributed by atoms with E-state index in [4.69, 9.17) is 4.74 Å². The summed E-state index contributed by atoms with van der Waals surface area (Å²) in [5, 5.41) is 0.841. The smallest absolute Gasteiger partial charge is 0.286 e. The van der Waals surface area contributed by atoms with E-state index < -0.39 is 0 Å². The summed E-state index contributed by atoms with van der Waals surface area (Å²) in [5.41, 5.74) is 2.33. The molecule has 0 saturated carbocycles. The van der Waals surface area contributed by atoms with Gasteiger partial charge >= 0.3 is 0 Å². The molecule has 2 aliphatic heterocycles. The summed E-state index contributed by atoms with van der Waals surface area (Å²) < 4.78 is 5.67. The second-order valence-electron chi connectivity index (χ2n) is 7.40. The number of aliphatic imine (C=N–C) groups is 1. The quantitative estimate of drug-likeness (QED) is 0.655. The fourth-order valence-corrected chi connectivity index (χ4v) is 4.79. The van der Waals surface area contributed by atoms with E-state index in [1.165, 1.54) is 17.3 Å². The largest absolute Gasteiger partial charge is 0.493 e. The summed E-state index contributed by atoms with van der Waals surface area (Å²) >= 11 is 1.48. The average Bonchev–Trinajstić information content (AvgIpc) is 3.11. The van der Waals surface area contributed by atoms with Crippen molar-refractivity contribution in [2.75, 3.05) is 19.7 Å². The van der Waals surface area contributed by atoms with Gasteiger partial charge in [-0.2, -0.15) is 4.99 Å². The highest BCUT2D eigenvalue weighted by Gasteiger charge is 2.29. The molecule has 150 valence electrons. The third-order valence-electron chi connectivity index (χ3n) is 5.37. The Bertz CT molecular complexity index is 915. The topological polar surface area (TPSA) is 41.9 Å². The molecule has 1 amide bonds. The molecular formula is C24H26N2O2S. The number of carbonyl (C=O) groups is 1. The molecule has 2 aliphatic rings. The van der Waals surface area contributed by atoms with Crippen molar-refractivity contribution in [2.45, 2.75) is 26.2 Å². The van der Waals surface area contributed by atoms with Crippen LogP contribution in [-0.4, -0.2) is 35.7 Å². The van der Waals surface area contributed by atoms with Gasteiger partial charge in [-0.1, -0.05) is 48.5 Å². The molecule has 0 aliphatic carbocycles. The molecule has 29 heavy (non-hydrogen) atoms. The normalized spacial score (nSPS) is 18.9. The van der Waals surface area contributed by atoms with Crippen molar-refractivity contribution in [3.63, 3.8) is 0 Å². The fraction of sp³-hybridized carbons (Fsp3) is 0.333. The summed E-state index contributed by atoms with van der Waals surface area (Å²) in [6, 6.07) is 18.5. The molecule has 0 atom stereocenters. The SMILES string of the molecule is CCOc1ccccc1/C=C1\SC(N2CCC(Cc3ccccc3)CC2)=NC1=O. The van der Waals surface area contributed by atoms with Crippen LogP contribution in [0.25, 0.3) is 6.08 Å². The Morgan fingerprint density at radius 1 is 1.10 bits per heavy atom.